The molecule has 0 fully saturated rings. The van der Waals surface area contributed by atoms with Crippen molar-refractivity contribution in [1.82, 2.24) is 9.55 Å². The van der Waals surface area contributed by atoms with Crippen molar-refractivity contribution in [2.24, 2.45) is 0 Å². The number of para-hydroxylation sites is 1. The maximum absolute atomic E-state index is 14.2. The number of halogens is 1. The second kappa shape index (κ2) is 13.2. The monoisotopic (exact) mass is 655 g/mol. The number of hydrogen-bond donors (Lipinski definition) is 1. The molecular formula is C34H26FN3O4S3. The van der Waals surface area contributed by atoms with Crippen LogP contribution in [0.1, 0.15) is 22.2 Å². The zero-order chi connectivity index (χ0) is 31.5. The highest BCUT2D eigenvalue weighted by molar-refractivity contribution is 7.99. The van der Waals surface area contributed by atoms with E-state index in [1.54, 1.807) is 29.0 Å². The maximum atomic E-state index is 14.2. The van der Waals surface area contributed by atoms with Gasteiger partial charge in [0, 0.05) is 21.4 Å². The molecule has 45 heavy (non-hydrogen) atoms. The molecular weight excluding hydrogens is 630 g/mol. The summed E-state index contributed by atoms with van der Waals surface area (Å²) in [5.41, 5.74) is 3.57. The summed E-state index contributed by atoms with van der Waals surface area (Å²) in [7, 11) is 0. The summed E-state index contributed by atoms with van der Waals surface area (Å²) in [5.74, 6) is -1.45. The number of anilines is 1. The number of hydrogen-bond acceptors (Lipinski definition) is 8. The topological polar surface area (TPSA) is 90.3 Å². The van der Waals surface area contributed by atoms with Crippen LogP contribution in [0.25, 0.3) is 38.2 Å². The van der Waals surface area contributed by atoms with E-state index in [1.165, 1.54) is 34.8 Å². The van der Waals surface area contributed by atoms with E-state index in [-0.39, 0.29) is 29.4 Å². The average molecular weight is 656 g/mol. The van der Waals surface area contributed by atoms with Crippen LogP contribution in [0, 0.1) is 12.7 Å². The van der Waals surface area contributed by atoms with Crippen molar-refractivity contribution < 1.29 is 18.7 Å². The molecule has 226 valence electrons. The molecule has 6 aromatic rings. The van der Waals surface area contributed by atoms with E-state index in [0.29, 0.717) is 37.2 Å². The minimum absolute atomic E-state index is 0.0767. The fraction of sp³-hybridized carbons (Fsp3) is 0.118. The summed E-state index contributed by atoms with van der Waals surface area (Å²) in [4.78, 5) is 46.9. The molecule has 0 saturated heterocycles. The molecule has 0 atom stereocenters. The smallest absolute Gasteiger partial charge is 0.341 e. The Bertz CT molecular complexity index is 2070. The molecule has 1 amide bonds. The molecule has 0 aliphatic rings. The summed E-state index contributed by atoms with van der Waals surface area (Å²) in [5, 5.41) is 5.80. The van der Waals surface area contributed by atoms with Gasteiger partial charge in [0.05, 0.1) is 23.4 Å². The van der Waals surface area contributed by atoms with Gasteiger partial charge in [0.15, 0.2) is 5.16 Å². The first kappa shape index (κ1) is 30.4. The maximum Gasteiger partial charge on any atom is 0.341 e. The predicted octanol–water partition coefficient (Wildman–Crippen LogP) is 8.20. The van der Waals surface area contributed by atoms with Gasteiger partial charge in [-0.2, -0.15) is 0 Å². The van der Waals surface area contributed by atoms with E-state index in [4.69, 9.17) is 9.72 Å². The Balaban J connectivity index is 1.34. The van der Waals surface area contributed by atoms with Gasteiger partial charge in [0.2, 0.25) is 5.91 Å². The number of fused-ring (bicyclic) bond motifs is 1. The molecule has 7 nitrogen and oxygen atoms in total. The second-order valence-corrected chi connectivity index (χ2v) is 12.9. The minimum Gasteiger partial charge on any atom is -0.462 e. The number of nitrogens with one attached hydrogen (secondary N) is 1. The number of ether oxygens (including phenoxy) is 1. The summed E-state index contributed by atoms with van der Waals surface area (Å²) in [6.45, 7) is 3.83. The van der Waals surface area contributed by atoms with Crippen LogP contribution in [-0.2, 0) is 9.53 Å². The Morgan fingerprint density at radius 3 is 2.36 bits per heavy atom. The van der Waals surface area contributed by atoms with Gasteiger partial charge in [0.25, 0.3) is 5.56 Å². The lowest BCUT2D eigenvalue weighted by Crippen LogP contribution is -2.23. The summed E-state index contributed by atoms with van der Waals surface area (Å²) < 4.78 is 20.4. The molecule has 3 heterocycles. The van der Waals surface area contributed by atoms with Crippen molar-refractivity contribution in [1.29, 1.82) is 0 Å². The number of thioether (sulfide) groups is 1. The zero-order valence-corrected chi connectivity index (χ0v) is 26.7. The molecule has 0 unspecified atom stereocenters. The first-order valence-corrected chi connectivity index (χ1v) is 16.7. The first-order valence-electron chi connectivity index (χ1n) is 14.0. The Morgan fingerprint density at radius 1 is 0.978 bits per heavy atom. The molecule has 1 N–H and O–H groups in total. The third-order valence-electron chi connectivity index (χ3n) is 6.96. The predicted molar refractivity (Wildman–Crippen MR) is 180 cm³/mol. The molecule has 3 aromatic heterocycles. The molecule has 0 saturated carbocycles. The summed E-state index contributed by atoms with van der Waals surface area (Å²) in [6, 6.07) is 24.7. The van der Waals surface area contributed by atoms with Gasteiger partial charge >= 0.3 is 5.97 Å². The van der Waals surface area contributed by atoms with Gasteiger partial charge in [-0.05, 0) is 49.2 Å². The molecule has 0 radical (unpaired) electrons. The number of nitrogens with zero attached hydrogens (tertiary/aromatic N) is 2. The highest BCUT2D eigenvalue weighted by Crippen LogP contribution is 2.38. The number of carbonyl (C=O) groups excluding carboxylic acids is 2. The second-order valence-electron chi connectivity index (χ2n) is 9.87. The molecule has 0 spiro atoms. The number of rotatable bonds is 9. The van der Waals surface area contributed by atoms with E-state index in [0.717, 1.165) is 27.8 Å². The number of aromatic nitrogens is 2. The highest BCUT2D eigenvalue weighted by atomic mass is 32.2. The number of amides is 1. The average Bonchev–Trinajstić information content (AvgIpc) is 3.61. The third-order valence-corrected chi connectivity index (χ3v) is 9.79. The van der Waals surface area contributed by atoms with E-state index in [9.17, 15) is 18.8 Å². The summed E-state index contributed by atoms with van der Waals surface area (Å²) in [6.07, 6.45) is 0. The number of thiophene rings is 2. The minimum atomic E-state index is -0.589. The van der Waals surface area contributed by atoms with Crippen LogP contribution in [0.3, 0.4) is 0 Å². The van der Waals surface area contributed by atoms with Crippen molar-refractivity contribution in [3.05, 3.63) is 117 Å². The van der Waals surface area contributed by atoms with E-state index in [1.807, 2.05) is 67.6 Å². The normalized spacial score (nSPS) is 11.1. The number of carbonyl (C=O) groups is 2. The lowest BCUT2D eigenvalue weighted by Gasteiger charge is -2.13. The van der Waals surface area contributed by atoms with Crippen molar-refractivity contribution >= 4 is 61.5 Å². The number of esters is 1. The molecule has 6 rings (SSSR count). The van der Waals surface area contributed by atoms with Gasteiger partial charge in [-0.1, -0.05) is 72.4 Å². The fourth-order valence-corrected chi connectivity index (χ4v) is 7.86. The SMILES string of the molecule is CCOC(=O)c1c(-c2ccc(F)cc2)csc1NC(=O)CSc1nc2sc(C)c(-c3ccccc3)c2c(=O)n1-c1ccccc1. The van der Waals surface area contributed by atoms with Crippen LogP contribution in [-0.4, -0.2) is 33.8 Å². The third kappa shape index (κ3) is 6.19. The van der Waals surface area contributed by atoms with Crippen LogP contribution in [0.5, 0.6) is 0 Å². The Kier molecular flexibility index (Phi) is 8.92. The molecule has 0 bridgehead atoms. The lowest BCUT2D eigenvalue weighted by atomic mass is 10.0. The zero-order valence-electron chi connectivity index (χ0n) is 24.2. The fourth-order valence-electron chi connectivity index (χ4n) is 4.99. The van der Waals surface area contributed by atoms with Crippen molar-refractivity contribution in [2.75, 3.05) is 17.7 Å². The van der Waals surface area contributed by atoms with E-state index < -0.39 is 11.8 Å². The van der Waals surface area contributed by atoms with Crippen LogP contribution in [0.15, 0.2) is 100 Å². The van der Waals surface area contributed by atoms with Crippen molar-refractivity contribution in [3.8, 4) is 27.9 Å². The van der Waals surface area contributed by atoms with Gasteiger partial charge in [0.1, 0.15) is 21.2 Å². The van der Waals surface area contributed by atoms with Gasteiger partial charge in [-0.25, -0.2) is 14.2 Å². The van der Waals surface area contributed by atoms with Crippen LogP contribution in [0.2, 0.25) is 0 Å². The van der Waals surface area contributed by atoms with Gasteiger partial charge < -0.3 is 10.1 Å². The Hall–Kier alpha value is -4.58. The van der Waals surface area contributed by atoms with Crippen LogP contribution in [0.4, 0.5) is 9.39 Å². The van der Waals surface area contributed by atoms with Gasteiger partial charge in [-0.15, -0.1) is 22.7 Å². The van der Waals surface area contributed by atoms with Crippen molar-refractivity contribution in [3.63, 3.8) is 0 Å². The standard InChI is InChI=1S/C34H26FN3O4S3/c1-3-42-33(41)28-25(21-14-16-23(35)17-15-21)18-43-30(28)36-26(39)19-44-34-37-31-29(32(40)38(34)24-12-8-5-9-13-24)27(20(2)45-31)22-10-6-4-7-11-22/h4-18H,3,19H2,1-2H3,(H,36,39). The Morgan fingerprint density at radius 2 is 1.67 bits per heavy atom. The number of aryl methyl sites for hydroxylation is 1. The van der Waals surface area contributed by atoms with E-state index >= 15 is 0 Å². The van der Waals surface area contributed by atoms with E-state index in [2.05, 4.69) is 5.32 Å². The van der Waals surface area contributed by atoms with Crippen molar-refractivity contribution in [2.45, 2.75) is 19.0 Å². The molecule has 11 heteroatoms. The van der Waals surface area contributed by atoms with Gasteiger partial charge in [-0.3, -0.25) is 14.2 Å². The Labute approximate surface area is 270 Å². The largest absolute Gasteiger partial charge is 0.462 e. The summed E-state index contributed by atoms with van der Waals surface area (Å²) >= 11 is 3.76. The molecule has 0 aliphatic carbocycles. The van der Waals surface area contributed by atoms with Crippen LogP contribution >= 0.6 is 34.4 Å². The highest BCUT2D eigenvalue weighted by Gasteiger charge is 2.24. The lowest BCUT2D eigenvalue weighted by molar-refractivity contribution is -0.113. The molecule has 0 aliphatic heterocycles. The quantitative estimate of drug-likeness (QED) is 0.0960. The number of benzene rings is 3. The van der Waals surface area contributed by atoms with Crippen LogP contribution < -0.4 is 10.9 Å². The first-order chi connectivity index (χ1) is 21.9. The molecule has 3 aromatic carbocycles.